The van der Waals surface area contributed by atoms with Crippen LogP contribution in [0.25, 0.3) is 0 Å². The summed E-state index contributed by atoms with van der Waals surface area (Å²) in [7, 11) is 0. The Kier molecular flexibility index (Phi) is 11.7. The van der Waals surface area contributed by atoms with Gasteiger partial charge in [-0.05, 0) is 51.0 Å². The van der Waals surface area contributed by atoms with Gasteiger partial charge in [0.05, 0.1) is 6.10 Å². The molecule has 0 amide bonds. The number of hydrogen-bond donors (Lipinski definition) is 1. The van der Waals surface area contributed by atoms with E-state index < -0.39 is 5.97 Å². The summed E-state index contributed by atoms with van der Waals surface area (Å²) in [6.07, 6.45) is 21.8. The molecule has 1 aliphatic carbocycles. The molecule has 1 N–H and O–H groups in total. The first-order chi connectivity index (χ1) is 14.6. The van der Waals surface area contributed by atoms with Crippen LogP contribution < -0.4 is 0 Å². The fraction of sp³-hybridized carbons (Fsp3) is 0.680. The summed E-state index contributed by atoms with van der Waals surface area (Å²) in [5.41, 5.74) is 0. The average molecular weight is 419 g/mol. The summed E-state index contributed by atoms with van der Waals surface area (Å²) in [6, 6.07) is 0. The van der Waals surface area contributed by atoms with E-state index in [1.807, 2.05) is 18.2 Å². The van der Waals surface area contributed by atoms with Crippen LogP contribution in [0, 0.1) is 11.8 Å². The SMILES string of the molecule is CCCCCC(C=CC1C=CC(=O)C1CC=CCCCC(=O)O)OC1CCCCO1. The van der Waals surface area contributed by atoms with Gasteiger partial charge < -0.3 is 14.6 Å². The van der Waals surface area contributed by atoms with Gasteiger partial charge in [-0.15, -0.1) is 0 Å². The maximum Gasteiger partial charge on any atom is 0.303 e. The monoisotopic (exact) mass is 418 g/mol. The van der Waals surface area contributed by atoms with Gasteiger partial charge in [0.25, 0.3) is 0 Å². The molecule has 4 unspecified atom stereocenters. The minimum Gasteiger partial charge on any atom is -0.481 e. The smallest absolute Gasteiger partial charge is 0.303 e. The maximum absolute atomic E-state index is 12.3. The fourth-order valence-corrected chi connectivity index (χ4v) is 3.93. The summed E-state index contributed by atoms with van der Waals surface area (Å²) in [5, 5.41) is 8.68. The van der Waals surface area contributed by atoms with Crippen LogP contribution in [-0.4, -0.2) is 35.9 Å². The molecule has 1 heterocycles. The molecule has 2 rings (SSSR count). The van der Waals surface area contributed by atoms with Crippen LogP contribution in [0.1, 0.15) is 77.6 Å². The molecule has 0 saturated carbocycles. The normalized spacial score (nSPS) is 25.5. The molecule has 0 aromatic carbocycles. The van der Waals surface area contributed by atoms with Crippen LogP contribution in [-0.2, 0) is 19.1 Å². The number of carbonyl (C=O) groups excluding carboxylic acids is 1. The number of carbonyl (C=O) groups is 2. The van der Waals surface area contributed by atoms with Gasteiger partial charge >= 0.3 is 5.97 Å². The van der Waals surface area contributed by atoms with Crippen molar-refractivity contribution < 1.29 is 24.2 Å². The molecule has 0 radical (unpaired) electrons. The van der Waals surface area contributed by atoms with Crippen molar-refractivity contribution in [3.05, 3.63) is 36.5 Å². The highest BCUT2D eigenvalue weighted by molar-refractivity contribution is 5.95. The zero-order valence-electron chi connectivity index (χ0n) is 18.3. The van der Waals surface area contributed by atoms with Gasteiger partial charge in [0.15, 0.2) is 12.1 Å². The molecule has 1 aliphatic heterocycles. The second-order valence-corrected chi connectivity index (χ2v) is 8.29. The Morgan fingerprint density at radius 2 is 2.17 bits per heavy atom. The van der Waals surface area contributed by atoms with E-state index in [0.29, 0.717) is 12.8 Å². The fourth-order valence-electron chi connectivity index (χ4n) is 3.93. The van der Waals surface area contributed by atoms with Gasteiger partial charge in [-0.3, -0.25) is 9.59 Å². The van der Waals surface area contributed by atoms with Crippen molar-refractivity contribution in [1.29, 1.82) is 0 Å². The second-order valence-electron chi connectivity index (χ2n) is 8.29. The molecule has 0 aromatic heterocycles. The van der Waals surface area contributed by atoms with Crippen molar-refractivity contribution in [2.45, 2.75) is 89.9 Å². The first-order valence-corrected chi connectivity index (χ1v) is 11.6. The molecule has 5 nitrogen and oxygen atoms in total. The highest BCUT2D eigenvalue weighted by atomic mass is 16.7. The zero-order valence-corrected chi connectivity index (χ0v) is 18.3. The molecule has 4 atom stereocenters. The van der Waals surface area contributed by atoms with E-state index >= 15 is 0 Å². The second kappa shape index (κ2) is 14.3. The molecule has 168 valence electrons. The van der Waals surface area contributed by atoms with E-state index in [1.165, 1.54) is 12.8 Å². The quantitative estimate of drug-likeness (QED) is 0.293. The summed E-state index contributed by atoms with van der Waals surface area (Å²) >= 11 is 0. The first kappa shape index (κ1) is 24.5. The lowest BCUT2D eigenvalue weighted by Crippen LogP contribution is -2.27. The molecule has 1 fully saturated rings. The molecular weight excluding hydrogens is 380 g/mol. The lowest BCUT2D eigenvalue weighted by atomic mass is 9.90. The Labute approximate surface area is 181 Å². The first-order valence-electron chi connectivity index (χ1n) is 11.6. The Balaban J connectivity index is 1.87. The summed E-state index contributed by atoms with van der Waals surface area (Å²) in [4.78, 5) is 22.8. The third kappa shape index (κ3) is 9.40. The number of carboxylic acids is 1. The number of carboxylic acid groups (broad SMARTS) is 1. The third-order valence-corrected chi connectivity index (χ3v) is 5.74. The van der Waals surface area contributed by atoms with E-state index in [0.717, 1.165) is 45.1 Å². The Bertz CT molecular complexity index is 601. The van der Waals surface area contributed by atoms with Crippen molar-refractivity contribution in [1.82, 2.24) is 0 Å². The van der Waals surface area contributed by atoms with Gasteiger partial charge in [0.1, 0.15) is 0 Å². The molecule has 0 aromatic rings. The van der Waals surface area contributed by atoms with E-state index in [4.69, 9.17) is 14.6 Å². The largest absolute Gasteiger partial charge is 0.481 e. The van der Waals surface area contributed by atoms with Crippen LogP contribution in [0.2, 0.25) is 0 Å². The van der Waals surface area contributed by atoms with E-state index in [1.54, 1.807) is 6.08 Å². The maximum atomic E-state index is 12.3. The van der Waals surface area contributed by atoms with E-state index in [2.05, 4.69) is 19.1 Å². The molecule has 2 aliphatic rings. The highest BCUT2D eigenvalue weighted by Gasteiger charge is 2.27. The van der Waals surface area contributed by atoms with E-state index in [9.17, 15) is 9.59 Å². The van der Waals surface area contributed by atoms with Gasteiger partial charge in [-0.1, -0.05) is 56.6 Å². The molecular formula is C25H38O5. The van der Waals surface area contributed by atoms with Crippen LogP contribution >= 0.6 is 0 Å². The van der Waals surface area contributed by atoms with Crippen LogP contribution in [0.4, 0.5) is 0 Å². The van der Waals surface area contributed by atoms with Crippen LogP contribution in [0.3, 0.4) is 0 Å². The Morgan fingerprint density at radius 1 is 1.30 bits per heavy atom. The standard InChI is InChI=1S/C25H38O5/c1-2-3-6-11-21(30-25-14-9-10-19-29-25)17-15-20-16-18-23(26)22(20)12-7-4-5-8-13-24(27)28/h4,7,15-18,20-22,25H,2-3,5-6,8-14,19H2,1H3,(H,27,28). The van der Waals surface area contributed by atoms with Gasteiger partial charge in [0, 0.05) is 24.9 Å². The molecule has 0 bridgehead atoms. The van der Waals surface area contributed by atoms with Gasteiger partial charge in [0.2, 0.25) is 0 Å². The van der Waals surface area contributed by atoms with Crippen molar-refractivity contribution in [3.8, 4) is 0 Å². The van der Waals surface area contributed by atoms with Gasteiger partial charge in [-0.25, -0.2) is 0 Å². The summed E-state index contributed by atoms with van der Waals surface area (Å²) < 4.78 is 12.0. The predicted molar refractivity (Wildman–Crippen MR) is 118 cm³/mol. The van der Waals surface area contributed by atoms with Crippen molar-refractivity contribution in [2.75, 3.05) is 6.61 Å². The summed E-state index contributed by atoms with van der Waals surface area (Å²) in [6.45, 7) is 2.97. The van der Waals surface area contributed by atoms with Crippen LogP contribution in [0.15, 0.2) is 36.5 Å². The van der Waals surface area contributed by atoms with Gasteiger partial charge in [-0.2, -0.15) is 0 Å². The summed E-state index contributed by atoms with van der Waals surface area (Å²) in [5.74, 6) is -0.582. The van der Waals surface area contributed by atoms with E-state index in [-0.39, 0.29) is 36.4 Å². The number of rotatable bonds is 14. The van der Waals surface area contributed by atoms with Crippen molar-refractivity contribution in [3.63, 3.8) is 0 Å². The number of ether oxygens (including phenoxy) is 2. The van der Waals surface area contributed by atoms with Crippen molar-refractivity contribution in [2.24, 2.45) is 11.8 Å². The topological polar surface area (TPSA) is 72.8 Å². The number of hydrogen-bond acceptors (Lipinski definition) is 4. The van der Waals surface area contributed by atoms with Crippen molar-refractivity contribution >= 4 is 11.8 Å². The molecule has 1 saturated heterocycles. The third-order valence-electron chi connectivity index (χ3n) is 5.74. The molecule has 0 spiro atoms. The minimum absolute atomic E-state index is 0.0240. The molecule has 30 heavy (non-hydrogen) atoms. The number of unbranched alkanes of at least 4 members (excludes halogenated alkanes) is 3. The van der Waals surface area contributed by atoms with Crippen LogP contribution in [0.5, 0.6) is 0 Å². The number of allylic oxidation sites excluding steroid dienone is 5. The average Bonchev–Trinajstić information content (AvgIpc) is 3.09. The Hall–Kier alpha value is -1.72. The number of aliphatic carboxylic acids is 1. The lowest BCUT2D eigenvalue weighted by molar-refractivity contribution is -0.179. The molecule has 5 heteroatoms. The number of ketones is 1. The minimum atomic E-state index is -0.766. The predicted octanol–water partition coefficient (Wildman–Crippen LogP) is 5.61. The zero-order chi connectivity index (χ0) is 21.6. The highest BCUT2D eigenvalue weighted by Crippen LogP contribution is 2.28. The lowest BCUT2D eigenvalue weighted by Gasteiger charge is -2.27. The Morgan fingerprint density at radius 3 is 2.90 bits per heavy atom.